The highest BCUT2D eigenvalue weighted by Gasteiger charge is 2.08. The molecule has 1 rings (SSSR count). The number of nitrogens with zero attached hydrogens (tertiary/aromatic N) is 1. The molecular weight excluding hydrogens is 204 g/mol. The Labute approximate surface area is 91.5 Å². The molecule has 0 saturated carbocycles. The zero-order valence-corrected chi connectivity index (χ0v) is 9.60. The summed E-state index contributed by atoms with van der Waals surface area (Å²) >= 11 is 0. The molecule has 0 aromatic carbocycles. The van der Waals surface area contributed by atoms with Crippen LogP contribution in [0.2, 0.25) is 0 Å². The Hall–Kier alpha value is -0.320. The lowest BCUT2D eigenvalue weighted by molar-refractivity contribution is -0.0966. The lowest BCUT2D eigenvalue weighted by Gasteiger charge is -2.18. The summed E-state index contributed by atoms with van der Waals surface area (Å²) in [5.41, 5.74) is 0. The molecule has 0 radical (unpaired) electrons. The predicted molar refractivity (Wildman–Crippen MR) is 59.2 cm³/mol. The van der Waals surface area contributed by atoms with Crippen LogP contribution < -0.4 is 5.32 Å². The first-order valence-corrected chi connectivity index (χ1v) is 4.69. The molecule has 4 nitrogen and oxygen atoms in total. The third-order valence-corrected chi connectivity index (χ3v) is 2.12. The van der Waals surface area contributed by atoms with E-state index >= 15 is 0 Å². The highest BCUT2D eigenvalue weighted by atomic mass is 35.5. The van der Waals surface area contributed by atoms with Gasteiger partial charge in [0.2, 0.25) is 0 Å². The van der Waals surface area contributed by atoms with Gasteiger partial charge in [0.15, 0.2) is 6.29 Å². The lowest BCUT2D eigenvalue weighted by Crippen LogP contribution is -2.35. The summed E-state index contributed by atoms with van der Waals surface area (Å²) in [5.74, 6) is 1.09. The lowest BCUT2D eigenvalue weighted by atomic mass is 10.2. The average molecular weight is 223 g/mol. The minimum atomic E-state index is -0.176. The molecule has 0 unspecified atom stereocenters. The third kappa shape index (κ3) is 4.79. The van der Waals surface area contributed by atoms with Crippen molar-refractivity contribution in [2.75, 3.05) is 27.3 Å². The summed E-state index contributed by atoms with van der Waals surface area (Å²) in [6.07, 6.45) is 3.32. The normalized spacial score (nSPS) is 16.1. The van der Waals surface area contributed by atoms with Crippen LogP contribution in [0.5, 0.6) is 0 Å². The molecule has 0 bridgehead atoms. The number of amidine groups is 1. The Kier molecular flexibility index (Phi) is 7.84. The second-order valence-corrected chi connectivity index (χ2v) is 3.07. The first-order valence-electron chi connectivity index (χ1n) is 4.69. The quantitative estimate of drug-likeness (QED) is 0.727. The number of rotatable bonds is 4. The van der Waals surface area contributed by atoms with Gasteiger partial charge in [0.1, 0.15) is 0 Å². The number of methoxy groups -OCH3 is 2. The summed E-state index contributed by atoms with van der Waals surface area (Å²) in [4.78, 5) is 4.36. The van der Waals surface area contributed by atoms with Crippen molar-refractivity contribution in [1.29, 1.82) is 0 Å². The molecule has 1 aliphatic heterocycles. The van der Waals surface area contributed by atoms with E-state index in [1.807, 2.05) is 0 Å². The van der Waals surface area contributed by atoms with Crippen molar-refractivity contribution >= 4 is 18.2 Å². The molecule has 0 aromatic rings. The fourth-order valence-electron chi connectivity index (χ4n) is 1.31. The van der Waals surface area contributed by atoms with Gasteiger partial charge in [0, 0.05) is 27.2 Å². The van der Waals surface area contributed by atoms with Gasteiger partial charge in [-0.1, -0.05) is 0 Å². The number of ether oxygens (including phenoxy) is 2. The number of hydrogen-bond donors (Lipinski definition) is 1. The van der Waals surface area contributed by atoms with Crippen molar-refractivity contribution in [1.82, 2.24) is 5.32 Å². The highest BCUT2D eigenvalue weighted by molar-refractivity contribution is 5.85. The number of halogens is 1. The van der Waals surface area contributed by atoms with Crippen molar-refractivity contribution in [3.8, 4) is 0 Å². The monoisotopic (exact) mass is 222 g/mol. The summed E-state index contributed by atoms with van der Waals surface area (Å²) in [6, 6.07) is 0. The fourth-order valence-corrected chi connectivity index (χ4v) is 1.31. The van der Waals surface area contributed by atoms with E-state index in [9.17, 15) is 0 Å². The maximum Gasteiger partial charge on any atom is 0.173 e. The molecule has 5 heteroatoms. The van der Waals surface area contributed by atoms with Crippen LogP contribution in [0.3, 0.4) is 0 Å². The van der Waals surface area contributed by atoms with Gasteiger partial charge in [0.25, 0.3) is 0 Å². The van der Waals surface area contributed by atoms with E-state index < -0.39 is 0 Å². The first kappa shape index (κ1) is 13.7. The van der Waals surface area contributed by atoms with Crippen LogP contribution in [0, 0.1) is 0 Å². The minimum Gasteiger partial charge on any atom is -0.369 e. The van der Waals surface area contributed by atoms with E-state index in [0.717, 1.165) is 18.8 Å². The van der Waals surface area contributed by atoms with Crippen LogP contribution in [0.25, 0.3) is 0 Å². The number of nitrogens with one attached hydrogen (secondary N) is 1. The first-order chi connectivity index (χ1) is 6.36. The van der Waals surface area contributed by atoms with Gasteiger partial charge in [-0.05, 0) is 12.8 Å². The molecule has 1 N–H and O–H groups in total. The average Bonchev–Trinajstić information content (AvgIpc) is 2.21. The van der Waals surface area contributed by atoms with E-state index in [2.05, 4.69) is 10.3 Å². The second kappa shape index (κ2) is 8.03. The van der Waals surface area contributed by atoms with Crippen LogP contribution in [-0.2, 0) is 9.47 Å². The molecule has 0 spiro atoms. The maximum absolute atomic E-state index is 5.05. The van der Waals surface area contributed by atoms with Crippen molar-refractivity contribution in [3.05, 3.63) is 0 Å². The van der Waals surface area contributed by atoms with Gasteiger partial charge in [-0.2, -0.15) is 0 Å². The van der Waals surface area contributed by atoms with Crippen molar-refractivity contribution in [2.45, 2.75) is 25.6 Å². The molecule has 84 valence electrons. The van der Waals surface area contributed by atoms with Gasteiger partial charge >= 0.3 is 0 Å². The van der Waals surface area contributed by atoms with Crippen molar-refractivity contribution in [2.24, 2.45) is 4.99 Å². The minimum absolute atomic E-state index is 0. The smallest absolute Gasteiger partial charge is 0.173 e. The number of aliphatic imine (C=N–C) groups is 1. The van der Waals surface area contributed by atoms with Crippen LogP contribution in [-0.4, -0.2) is 39.4 Å². The van der Waals surface area contributed by atoms with E-state index in [4.69, 9.17) is 9.47 Å². The zero-order chi connectivity index (χ0) is 9.52. The predicted octanol–water partition coefficient (Wildman–Crippen LogP) is 1.20. The molecule has 0 aromatic heterocycles. The van der Waals surface area contributed by atoms with Gasteiger partial charge in [-0.3, -0.25) is 4.99 Å². The highest BCUT2D eigenvalue weighted by Crippen LogP contribution is 2.03. The zero-order valence-electron chi connectivity index (χ0n) is 8.78. The van der Waals surface area contributed by atoms with Crippen LogP contribution in [0.4, 0.5) is 0 Å². The van der Waals surface area contributed by atoms with Crippen molar-refractivity contribution < 1.29 is 9.47 Å². The molecular formula is C9H19ClN2O2. The van der Waals surface area contributed by atoms with Crippen molar-refractivity contribution in [3.63, 3.8) is 0 Å². The fraction of sp³-hybridized carbons (Fsp3) is 0.889. The largest absolute Gasteiger partial charge is 0.369 e. The molecule has 14 heavy (non-hydrogen) atoms. The number of hydrogen-bond acceptors (Lipinski definition) is 4. The van der Waals surface area contributed by atoms with Gasteiger partial charge < -0.3 is 14.8 Å². The summed E-state index contributed by atoms with van der Waals surface area (Å²) in [7, 11) is 3.27. The van der Waals surface area contributed by atoms with E-state index in [1.165, 1.54) is 12.8 Å². The van der Waals surface area contributed by atoms with Crippen LogP contribution in [0.1, 0.15) is 19.3 Å². The third-order valence-electron chi connectivity index (χ3n) is 2.12. The molecule has 0 aliphatic carbocycles. The van der Waals surface area contributed by atoms with Gasteiger partial charge in [-0.25, -0.2) is 0 Å². The summed E-state index contributed by atoms with van der Waals surface area (Å²) in [5, 5.41) is 3.22. The molecule has 0 atom stereocenters. The van der Waals surface area contributed by atoms with E-state index in [1.54, 1.807) is 14.2 Å². The van der Waals surface area contributed by atoms with Gasteiger partial charge in [0.05, 0.1) is 12.4 Å². The van der Waals surface area contributed by atoms with E-state index in [0.29, 0.717) is 6.54 Å². The Balaban J connectivity index is 0.00000169. The standard InChI is InChI=1S/C9H18N2O2.ClH/c1-12-9(13-2)7-11-8-5-3-4-6-10-8;/h9H,3-7H2,1-2H3,(H,10,11);1H. The molecule has 0 fully saturated rings. The van der Waals surface area contributed by atoms with E-state index in [-0.39, 0.29) is 18.7 Å². The molecule has 1 heterocycles. The summed E-state index contributed by atoms with van der Waals surface area (Å²) < 4.78 is 10.1. The Morgan fingerprint density at radius 1 is 1.36 bits per heavy atom. The topological polar surface area (TPSA) is 42.8 Å². The second-order valence-electron chi connectivity index (χ2n) is 3.07. The Bertz CT molecular complexity index is 172. The van der Waals surface area contributed by atoms with Crippen LogP contribution >= 0.6 is 12.4 Å². The molecule has 0 amide bonds. The Morgan fingerprint density at radius 2 is 2.07 bits per heavy atom. The summed E-state index contributed by atoms with van der Waals surface area (Å²) in [6.45, 7) is 1.62. The Morgan fingerprint density at radius 3 is 2.57 bits per heavy atom. The SMILES string of the molecule is COC(CNC1=NCCCC1)OC.Cl. The van der Waals surface area contributed by atoms with Crippen LogP contribution in [0.15, 0.2) is 4.99 Å². The van der Waals surface area contributed by atoms with Gasteiger partial charge in [-0.15, -0.1) is 12.4 Å². The molecule has 0 saturated heterocycles. The maximum atomic E-state index is 5.05. The molecule has 1 aliphatic rings.